The van der Waals surface area contributed by atoms with Gasteiger partial charge < -0.3 is 15.1 Å². The largest absolute Gasteiger partial charge is 0.455 e. The monoisotopic (exact) mass is 446 g/mol. The van der Waals surface area contributed by atoms with Gasteiger partial charge in [-0.3, -0.25) is 10.2 Å². The molecule has 6 nitrogen and oxygen atoms in total. The molecule has 4 rings (SSSR count). The molecule has 1 aromatic heterocycles. The first kappa shape index (κ1) is 21.8. The average molecular weight is 447 g/mol. The predicted molar refractivity (Wildman–Crippen MR) is 132 cm³/mol. The maximum Gasteiger partial charge on any atom is 0.291 e. The van der Waals surface area contributed by atoms with Crippen molar-refractivity contribution in [2.45, 2.75) is 39.5 Å². The SMILES string of the molecule is CCc1ccc(NC(=O)c2oc3c(c2C)/C(=N/NC(=S)Nc2ccccc2)CCC3)cc1. The van der Waals surface area contributed by atoms with Gasteiger partial charge in [-0.05, 0) is 68.2 Å². The first-order chi connectivity index (χ1) is 15.5. The highest BCUT2D eigenvalue weighted by molar-refractivity contribution is 7.80. The highest BCUT2D eigenvalue weighted by Gasteiger charge is 2.28. The first-order valence-corrected chi connectivity index (χ1v) is 11.2. The van der Waals surface area contributed by atoms with E-state index in [-0.39, 0.29) is 5.91 Å². The number of amides is 1. The number of carbonyl (C=O) groups is 1. The smallest absolute Gasteiger partial charge is 0.291 e. The van der Waals surface area contributed by atoms with E-state index in [9.17, 15) is 4.79 Å². The molecular weight excluding hydrogens is 420 g/mol. The number of thiocarbonyl (C=S) groups is 1. The molecule has 0 radical (unpaired) electrons. The zero-order chi connectivity index (χ0) is 22.5. The summed E-state index contributed by atoms with van der Waals surface area (Å²) >= 11 is 5.36. The Morgan fingerprint density at radius 2 is 1.75 bits per heavy atom. The molecule has 0 aliphatic heterocycles. The van der Waals surface area contributed by atoms with E-state index >= 15 is 0 Å². The second-order valence-electron chi connectivity index (χ2n) is 7.70. The molecule has 32 heavy (non-hydrogen) atoms. The van der Waals surface area contributed by atoms with Crippen molar-refractivity contribution in [1.29, 1.82) is 0 Å². The first-order valence-electron chi connectivity index (χ1n) is 10.8. The number of hydrogen-bond donors (Lipinski definition) is 3. The molecule has 1 heterocycles. The third-order valence-corrected chi connectivity index (χ3v) is 5.67. The van der Waals surface area contributed by atoms with Crippen LogP contribution in [-0.2, 0) is 12.8 Å². The summed E-state index contributed by atoms with van der Waals surface area (Å²) in [6, 6.07) is 17.5. The summed E-state index contributed by atoms with van der Waals surface area (Å²) in [5.41, 5.74) is 8.32. The van der Waals surface area contributed by atoms with E-state index in [1.807, 2.05) is 61.5 Å². The highest BCUT2D eigenvalue weighted by atomic mass is 32.1. The van der Waals surface area contributed by atoms with Crippen LogP contribution in [0.5, 0.6) is 0 Å². The second-order valence-corrected chi connectivity index (χ2v) is 8.11. The fraction of sp³-hybridized carbons (Fsp3) is 0.240. The Bertz CT molecular complexity index is 1150. The van der Waals surface area contributed by atoms with Crippen LogP contribution in [0.25, 0.3) is 0 Å². The van der Waals surface area contributed by atoms with E-state index < -0.39 is 0 Å². The van der Waals surface area contributed by atoms with Gasteiger partial charge in [0.2, 0.25) is 0 Å². The number of rotatable bonds is 5. The zero-order valence-electron chi connectivity index (χ0n) is 18.2. The van der Waals surface area contributed by atoms with E-state index in [4.69, 9.17) is 16.6 Å². The van der Waals surface area contributed by atoms with E-state index in [1.165, 1.54) is 5.56 Å². The molecule has 3 N–H and O–H groups in total. The van der Waals surface area contributed by atoms with Crippen LogP contribution in [0.2, 0.25) is 0 Å². The lowest BCUT2D eigenvalue weighted by Gasteiger charge is -2.14. The van der Waals surface area contributed by atoms with Gasteiger partial charge in [0.1, 0.15) is 5.76 Å². The summed E-state index contributed by atoms with van der Waals surface area (Å²) in [6.07, 6.45) is 3.42. The quantitative estimate of drug-likeness (QED) is 0.360. The molecule has 2 aromatic carbocycles. The van der Waals surface area contributed by atoms with E-state index in [0.717, 1.165) is 59.7 Å². The number of hydrogen-bond acceptors (Lipinski definition) is 4. The van der Waals surface area contributed by atoms with Crippen LogP contribution in [0.1, 0.15) is 52.8 Å². The molecule has 0 fully saturated rings. The lowest BCUT2D eigenvalue weighted by Crippen LogP contribution is -2.26. The molecule has 1 amide bonds. The average Bonchev–Trinajstić information content (AvgIpc) is 3.16. The van der Waals surface area contributed by atoms with Crippen LogP contribution in [-0.4, -0.2) is 16.7 Å². The fourth-order valence-electron chi connectivity index (χ4n) is 3.81. The molecule has 3 aromatic rings. The Labute approximate surface area is 193 Å². The summed E-state index contributed by atoms with van der Waals surface area (Å²) in [5.74, 6) is 0.867. The van der Waals surface area contributed by atoms with Crippen molar-refractivity contribution in [3.05, 3.63) is 82.8 Å². The minimum absolute atomic E-state index is 0.255. The third kappa shape index (κ3) is 4.89. The number of nitrogens with one attached hydrogen (secondary N) is 3. The van der Waals surface area contributed by atoms with E-state index in [1.54, 1.807) is 0 Å². The van der Waals surface area contributed by atoms with Gasteiger partial charge in [-0.15, -0.1) is 0 Å². The number of carbonyl (C=O) groups excluding carboxylic acids is 1. The molecule has 0 bridgehead atoms. The van der Waals surface area contributed by atoms with E-state index in [2.05, 4.69) is 28.1 Å². The molecule has 1 aliphatic rings. The zero-order valence-corrected chi connectivity index (χ0v) is 19.0. The standard InChI is InChI=1S/C25H26N4O2S/c1-3-17-12-14-19(15-13-17)26-24(30)23-16(2)22-20(10-7-11-21(22)31-23)28-29-25(32)27-18-8-5-4-6-9-18/h4-6,8-9,12-15H,3,7,10-11H2,1-2H3,(H,26,30)(H2,27,29,32)/b28-20+. The maximum absolute atomic E-state index is 12.9. The third-order valence-electron chi connectivity index (χ3n) is 5.48. The lowest BCUT2D eigenvalue weighted by molar-refractivity contribution is 0.0994. The second kappa shape index (κ2) is 9.78. The van der Waals surface area contributed by atoms with Gasteiger partial charge in [0.05, 0.1) is 5.71 Å². The van der Waals surface area contributed by atoms with Gasteiger partial charge in [0, 0.05) is 28.9 Å². The minimum atomic E-state index is -0.255. The molecule has 0 saturated heterocycles. The Morgan fingerprint density at radius 3 is 2.47 bits per heavy atom. The van der Waals surface area contributed by atoms with Crippen molar-refractivity contribution in [2.75, 3.05) is 10.6 Å². The Balaban J connectivity index is 1.49. The highest BCUT2D eigenvalue weighted by Crippen LogP contribution is 2.30. The van der Waals surface area contributed by atoms with Gasteiger partial charge in [0.15, 0.2) is 10.9 Å². The predicted octanol–water partition coefficient (Wildman–Crippen LogP) is 5.43. The van der Waals surface area contributed by atoms with Crippen LogP contribution < -0.4 is 16.1 Å². The molecule has 164 valence electrons. The van der Waals surface area contributed by atoms with Crippen molar-refractivity contribution in [3.63, 3.8) is 0 Å². The molecule has 0 spiro atoms. The number of hydrazone groups is 1. The van der Waals surface area contributed by atoms with Crippen molar-refractivity contribution >= 4 is 40.3 Å². The normalized spacial score (nSPS) is 14.0. The number of furan rings is 1. The molecule has 0 unspecified atom stereocenters. The Kier molecular flexibility index (Phi) is 6.66. The van der Waals surface area contributed by atoms with Crippen molar-refractivity contribution in [3.8, 4) is 0 Å². The Hall–Kier alpha value is -3.45. The number of nitrogens with zero attached hydrogens (tertiary/aromatic N) is 1. The Morgan fingerprint density at radius 1 is 1.03 bits per heavy atom. The molecule has 0 atom stereocenters. The molecule has 7 heteroatoms. The van der Waals surface area contributed by atoms with Gasteiger partial charge in [-0.2, -0.15) is 5.10 Å². The topological polar surface area (TPSA) is 78.7 Å². The van der Waals surface area contributed by atoms with Gasteiger partial charge in [-0.25, -0.2) is 0 Å². The number of benzene rings is 2. The summed E-state index contributed by atoms with van der Waals surface area (Å²) in [6.45, 7) is 4.00. The number of para-hydroxylation sites is 1. The van der Waals surface area contributed by atoms with Gasteiger partial charge in [0.25, 0.3) is 5.91 Å². The number of anilines is 2. The van der Waals surface area contributed by atoms with E-state index in [0.29, 0.717) is 10.9 Å². The van der Waals surface area contributed by atoms with Gasteiger partial charge in [-0.1, -0.05) is 37.3 Å². The summed E-state index contributed by atoms with van der Waals surface area (Å²) < 4.78 is 5.98. The summed E-state index contributed by atoms with van der Waals surface area (Å²) in [4.78, 5) is 12.9. The van der Waals surface area contributed by atoms with Crippen LogP contribution in [0.3, 0.4) is 0 Å². The van der Waals surface area contributed by atoms with Crippen LogP contribution in [0.4, 0.5) is 11.4 Å². The van der Waals surface area contributed by atoms with Crippen LogP contribution in [0.15, 0.2) is 64.1 Å². The summed E-state index contributed by atoms with van der Waals surface area (Å²) in [7, 11) is 0. The molecular formula is C25H26N4O2S. The summed E-state index contributed by atoms with van der Waals surface area (Å²) in [5, 5.41) is 11.0. The van der Waals surface area contributed by atoms with Crippen LogP contribution in [0, 0.1) is 6.92 Å². The van der Waals surface area contributed by atoms with Crippen LogP contribution >= 0.6 is 12.2 Å². The van der Waals surface area contributed by atoms with Crippen molar-refractivity contribution in [2.24, 2.45) is 5.10 Å². The maximum atomic E-state index is 12.9. The molecule has 0 saturated carbocycles. The lowest BCUT2D eigenvalue weighted by atomic mass is 9.93. The number of aryl methyl sites for hydroxylation is 2. The number of fused-ring (bicyclic) bond motifs is 1. The fourth-order valence-corrected chi connectivity index (χ4v) is 3.97. The van der Waals surface area contributed by atoms with Crippen molar-refractivity contribution in [1.82, 2.24) is 5.43 Å². The van der Waals surface area contributed by atoms with Gasteiger partial charge >= 0.3 is 0 Å². The minimum Gasteiger partial charge on any atom is -0.455 e. The molecule has 1 aliphatic carbocycles. The van der Waals surface area contributed by atoms with Crippen molar-refractivity contribution < 1.29 is 9.21 Å².